The van der Waals surface area contributed by atoms with Gasteiger partial charge in [-0.15, -0.1) is 0 Å². The van der Waals surface area contributed by atoms with E-state index in [2.05, 4.69) is 4.89 Å². The fraction of sp³-hybridized carbons (Fsp3) is 0.923. The molecule has 0 bridgehead atoms. The van der Waals surface area contributed by atoms with Crippen LogP contribution in [0.15, 0.2) is 0 Å². The van der Waals surface area contributed by atoms with Crippen molar-refractivity contribution in [3.05, 3.63) is 0 Å². The summed E-state index contributed by atoms with van der Waals surface area (Å²) in [5, 5.41) is 26.4. The monoisotopic (exact) mass is 262 g/mol. The number of aliphatic hydroxyl groups excluding tert-OH is 2. The first-order chi connectivity index (χ1) is 8.63. The second-order valence-electron chi connectivity index (χ2n) is 4.75. The van der Waals surface area contributed by atoms with Crippen LogP contribution in [0.5, 0.6) is 0 Å². The van der Waals surface area contributed by atoms with Gasteiger partial charge in [-0.3, -0.25) is 0 Å². The number of hydrogen-bond acceptors (Lipinski definition) is 5. The Morgan fingerprint density at radius 1 is 1.06 bits per heavy atom. The van der Waals surface area contributed by atoms with E-state index in [1.165, 1.54) is 6.92 Å². The molecule has 2 unspecified atom stereocenters. The minimum Gasteiger partial charge on any atom is -0.396 e. The summed E-state index contributed by atoms with van der Waals surface area (Å²) >= 11 is 0. The minimum absolute atomic E-state index is 0.269. The molecule has 0 saturated heterocycles. The van der Waals surface area contributed by atoms with Crippen LogP contribution < -0.4 is 0 Å². The Labute approximate surface area is 109 Å². The predicted molar refractivity (Wildman–Crippen MR) is 67.9 cm³/mol. The van der Waals surface area contributed by atoms with E-state index < -0.39 is 18.0 Å². The van der Waals surface area contributed by atoms with Crippen molar-refractivity contribution in [2.75, 3.05) is 6.61 Å². The first-order valence-corrected chi connectivity index (χ1v) is 6.77. The lowest BCUT2D eigenvalue weighted by Crippen LogP contribution is -2.26. The number of carbonyl (C=O) groups excluding carboxylic acids is 1. The van der Waals surface area contributed by atoms with Gasteiger partial charge in [0.2, 0.25) is 0 Å². The summed E-state index contributed by atoms with van der Waals surface area (Å²) in [7, 11) is 0. The molecule has 108 valence electrons. The summed E-state index contributed by atoms with van der Waals surface area (Å²) in [6.45, 7) is 1.81. The van der Waals surface area contributed by atoms with Crippen molar-refractivity contribution in [2.45, 2.75) is 64.4 Å². The highest BCUT2D eigenvalue weighted by Crippen LogP contribution is 2.14. The zero-order valence-corrected chi connectivity index (χ0v) is 11.2. The molecule has 18 heavy (non-hydrogen) atoms. The third-order valence-electron chi connectivity index (χ3n) is 3.20. The average Bonchev–Trinajstić information content (AvgIpc) is 2.39. The van der Waals surface area contributed by atoms with Crippen molar-refractivity contribution in [3.63, 3.8) is 0 Å². The van der Waals surface area contributed by atoms with E-state index in [0.29, 0.717) is 6.42 Å². The van der Waals surface area contributed by atoms with Crippen molar-refractivity contribution >= 4 is 5.97 Å². The van der Waals surface area contributed by atoms with Gasteiger partial charge >= 0.3 is 5.97 Å². The van der Waals surface area contributed by atoms with Crippen LogP contribution in [-0.4, -0.2) is 34.2 Å². The Kier molecular flexibility index (Phi) is 11.0. The van der Waals surface area contributed by atoms with Crippen molar-refractivity contribution in [1.82, 2.24) is 0 Å². The summed E-state index contributed by atoms with van der Waals surface area (Å²) in [6, 6.07) is 0. The van der Waals surface area contributed by atoms with Crippen LogP contribution in [0.1, 0.15) is 58.3 Å². The van der Waals surface area contributed by atoms with Crippen LogP contribution in [-0.2, 0) is 9.68 Å². The van der Waals surface area contributed by atoms with E-state index in [-0.39, 0.29) is 6.61 Å². The van der Waals surface area contributed by atoms with Gasteiger partial charge in [-0.25, -0.2) is 4.79 Å². The van der Waals surface area contributed by atoms with Crippen molar-refractivity contribution in [3.8, 4) is 0 Å². The van der Waals surface area contributed by atoms with Gasteiger partial charge in [0, 0.05) is 6.61 Å². The van der Waals surface area contributed by atoms with Crippen molar-refractivity contribution in [1.29, 1.82) is 0 Å². The third kappa shape index (κ3) is 8.44. The zero-order valence-electron chi connectivity index (χ0n) is 11.2. The second kappa shape index (κ2) is 11.4. The lowest BCUT2D eigenvalue weighted by atomic mass is 9.98. The van der Waals surface area contributed by atoms with Crippen molar-refractivity contribution < 1.29 is 25.2 Å². The van der Waals surface area contributed by atoms with E-state index in [1.54, 1.807) is 0 Å². The minimum atomic E-state index is -0.786. The molecular weight excluding hydrogens is 236 g/mol. The quantitative estimate of drug-likeness (QED) is 0.301. The highest BCUT2D eigenvalue weighted by atomic mass is 17.1. The lowest BCUT2D eigenvalue weighted by Gasteiger charge is -2.15. The van der Waals surface area contributed by atoms with Crippen LogP contribution in [0.25, 0.3) is 0 Å². The number of hydrogen-bond donors (Lipinski definition) is 3. The standard InChI is InChI=1S/C13H26O5/c1-11(13(16)18-17)12(15)9-7-5-3-2-4-6-8-10-14/h11-12,14-15,17H,2-10H2,1H3. The molecule has 0 aliphatic heterocycles. The number of carbonyl (C=O) groups is 1. The van der Waals surface area contributed by atoms with E-state index in [1.807, 2.05) is 0 Å². The van der Waals surface area contributed by atoms with Crippen LogP contribution in [0.2, 0.25) is 0 Å². The Bertz CT molecular complexity index is 208. The summed E-state index contributed by atoms with van der Waals surface area (Å²) < 4.78 is 0. The van der Waals surface area contributed by atoms with E-state index in [4.69, 9.17) is 10.4 Å². The molecule has 5 nitrogen and oxygen atoms in total. The Morgan fingerprint density at radius 2 is 1.56 bits per heavy atom. The normalized spacial score (nSPS) is 14.2. The van der Waals surface area contributed by atoms with Gasteiger partial charge in [-0.1, -0.05) is 38.5 Å². The predicted octanol–water partition coefficient (Wildman–Crippen LogP) is 2.11. The smallest absolute Gasteiger partial charge is 0.347 e. The van der Waals surface area contributed by atoms with Gasteiger partial charge in [0.1, 0.15) is 0 Å². The average molecular weight is 262 g/mol. The fourth-order valence-electron chi connectivity index (χ4n) is 1.84. The largest absolute Gasteiger partial charge is 0.396 e. The molecule has 0 aromatic carbocycles. The molecular formula is C13H26O5. The molecule has 0 aliphatic rings. The van der Waals surface area contributed by atoms with Crippen LogP contribution in [0.4, 0.5) is 0 Å². The summed E-state index contributed by atoms with van der Waals surface area (Å²) in [5.41, 5.74) is 0. The zero-order chi connectivity index (χ0) is 13.8. The van der Waals surface area contributed by atoms with Gasteiger partial charge in [-0.05, 0) is 19.8 Å². The Morgan fingerprint density at radius 3 is 2.06 bits per heavy atom. The van der Waals surface area contributed by atoms with Gasteiger partial charge in [0.25, 0.3) is 0 Å². The van der Waals surface area contributed by atoms with E-state index in [9.17, 15) is 9.90 Å². The number of rotatable bonds is 11. The maximum Gasteiger partial charge on any atom is 0.347 e. The molecule has 0 aromatic rings. The van der Waals surface area contributed by atoms with E-state index >= 15 is 0 Å². The van der Waals surface area contributed by atoms with Crippen LogP contribution in [0, 0.1) is 5.92 Å². The highest BCUT2D eigenvalue weighted by molar-refractivity contribution is 5.71. The molecule has 0 rings (SSSR count). The Balaban J connectivity index is 3.40. The third-order valence-corrected chi connectivity index (χ3v) is 3.20. The summed E-state index contributed by atoms with van der Waals surface area (Å²) in [4.78, 5) is 14.5. The summed E-state index contributed by atoms with van der Waals surface area (Å²) in [6.07, 6.45) is 7.02. The maximum atomic E-state index is 10.9. The molecule has 2 atom stereocenters. The molecule has 0 radical (unpaired) electrons. The van der Waals surface area contributed by atoms with Gasteiger partial charge in [0.05, 0.1) is 12.0 Å². The molecule has 0 fully saturated rings. The molecule has 0 spiro atoms. The molecule has 0 saturated carbocycles. The van der Waals surface area contributed by atoms with Gasteiger partial charge in [-0.2, -0.15) is 5.26 Å². The van der Waals surface area contributed by atoms with E-state index in [0.717, 1.165) is 44.9 Å². The summed E-state index contributed by atoms with van der Waals surface area (Å²) in [5.74, 6) is -1.47. The first-order valence-electron chi connectivity index (χ1n) is 6.77. The van der Waals surface area contributed by atoms with Crippen LogP contribution in [0.3, 0.4) is 0 Å². The number of unbranched alkanes of at least 4 members (excludes halogenated alkanes) is 6. The highest BCUT2D eigenvalue weighted by Gasteiger charge is 2.23. The number of aliphatic hydroxyl groups is 2. The van der Waals surface area contributed by atoms with Gasteiger partial charge in [0.15, 0.2) is 0 Å². The van der Waals surface area contributed by atoms with Crippen molar-refractivity contribution in [2.24, 2.45) is 5.92 Å². The molecule has 0 aromatic heterocycles. The second-order valence-corrected chi connectivity index (χ2v) is 4.75. The first kappa shape index (κ1) is 17.4. The SMILES string of the molecule is CC(C(=O)OO)C(O)CCCCCCCCCO. The molecule has 3 N–H and O–H groups in total. The lowest BCUT2D eigenvalue weighted by molar-refractivity contribution is -0.241. The Hall–Kier alpha value is -0.650. The molecule has 0 amide bonds. The van der Waals surface area contributed by atoms with Crippen LogP contribution >= 0.6 is 0 Å². The molecule has 0 heterocycles. The maximum absolute atomic E-state index is 10.9. The molecule has 0 aliphatic carbocycles. The van der Waals surface area contributed by atoms with Gasteiger partial charge < -0.3 is 15.1 Å². The topological polar surface area (TPSA) is 87.0 Å². The molecule has 5 heteroatoms. The fourth-order valence-corrected chi connectivity index (χ4v) is 1.84.